The van der Waals surface area contributed by atoms with Gasteiger partial charge < -0.3 is 5.11 Å². The molecule has 0 atom stereocenters. The van der Waals surface area contributed by atoms with Crippen molar-refractivity contribution >= 4 is 6.21 Å². The van der Waals surface area contributed by atoms with Gasteiger partial charge in [0.25, 0.3) is 0 Å². The Morgan fingerprint density at radius 1 is 1.67 bits per heavy atom. The van der Waals surface area contributed by atoms with Crippen LogP contribution in [0.3, 0.4) is 0 Å². The van der Waals surface area contributed by atoms with Gasteiger partial charge in [-0.05, 0) is 0 Å². The molecule has 2 heteroatoms. The van der Waals surface area contributed by atoms with Gasteiger partial charge in [0.2, 0.25) is 0 Å². The molecule has 0 amide bonds. The average molecular weight is 88.1 g/mol. The highest BCUT2D eigenvalue weighted by atomic mass is 16.3. The van der Waals surface area contributed by atoms with Crippen LogP contribution >= 0.6 is 0 Å². The van der Waals surface area contributed by atoms with E-state index in [0.717, 1.165) is 0 Å². The van der Waals surface area contributed by atoms with Gasteiger partial charge in [-0.25, -0.2) is 4.58 Å². The molecule has 36 valence electrons. The molecule has 0 aromatic heterocycles. The molecule has 0 saturated heterocycles. The first-order valence-electron chi connectivity index (χ1n) is 1.88. The number of rotatable bonds is 1. The molecule has 0 aliphatic heterocycles. The van der Waals surface area contributed by atoms with Gasteiger partial charge in [-0.3, -0.25) is 0 Å². The van der Waals surface area contributed by atoms with Crippen LogP contribution in [0.25, 0.3) is 0 Å². The first-order chi connectivity index (χ1) is 2.77. The molecule has 0 aromatic carbocycles. The van der Waals surface area contributed by atoms with Crippen molar-refractivity contribution in [3.63, 3.8) is 0 Å². The maximum absolute atomic E-state index is 8.14. The molecule has 0 aliphatic rings. The van der Waals surface area contributed by atoms with Gasteiger partial charge in [0, 0.05) is 0 Å². The number of aliphatic hydroxyl groups excluding tert-OH is 1. The first-order valence-corrected chi connectivity index (χ1v) is 1.88. The van der Waals surface area contributed by atoms with Gasteiger partial charge in [0.15, 0.2) is 6.21 Å². The van der Waals surface area contributed by atoms with Gasteiger partial charge in [-0.1, -0.05) is 0 Å². The minimum absolute atomic E-state index is 0.132. The fourth-order valence-electron chi connectivity index (χ4n) is 0.163. The summed E-state index contributed by atoms with van der Waals surface area (Å²) in [4.78, 5) is 0. The second kappa shape index (κ2) is 2.85. The monoisotopic (exact) mass is 88.1 g/mol. The highest BCUT2D eigenvalue weighted by Gasteiger charge is 1.73. The van der Waals surface area contributed by atoms with E-state index in [4.69, 9.17) is 5.11 Å². The van der Waals surface area contributed by atoms with Gasteiger partial charge in [-0.2, -0.15) is 0 Å². The van der Waals surface area contributed by atoms with E-state index in [1.165, 1.54) is 0 Å². The topological polar surface area (TPSA) is 23.2 Å². The Balaban J connectivity index is 3.14. The predicted molar refractivity (Wildman–Crippen MR) is 25.3 cm³/mol. The zero-order chi connectivity index (χ0) is 4.99. The molecule has 0 fully saturated rings. The molecule has 2 nitrogen and oxygen atoms in total. The number of nitrogens with zero attached hydrogens (tertiary/aromatic N) is 1. The Kier molecular flexibility index (Phi) is 2.67. The second-order valence-electron chi connectivity index (χ2n) is 1.33. The highest BCUT2D eigenvalue weighted by Crippen LogP contribution is 1.47. The summed E-state index contributed by atoms with van der Waals surface area (Å²) in [6.45, 7) is 0.132. The molecule has 6 heavy (non-hydrogen) atoms. The Morgan fingerprint density at radius 3 is 2.17 bits per heavy atom. The summed E-state index contributed by atoms with van der Waals surface area (Å²) in [7, 11) is 3.74. The maximum Gasteiger partial charge on any atom is 0.164 e. The smallest absolute Gasteiger partial charge is 0.164 e. The van der Waals surface area contributed by atoms with Crippen LogP contribution in [0, 0.1) is 0 Å². The lowest BCUT2D eigenvalue weighted by Crippen LogP contribution is -2.00. The van der Waals surface area contributed by atoms with E-state index in [1.54, 1.807) is 10.8 Å². The van der Waals surface area contributed by atoms with Crippen molar-refractivity contribution in [2.45, 2.75) is 0 Å². The summed E-state index contributed by atoms with van der Waals surface area (Å²) >= 11 is 0. The Hall–Kier alpha value is -0.370. The summed E-state index contributed by atoms with van der Waals surface area (Å²) < 4.78 is 1.81. The van der Waals surface area contributed by atoms with E-state index in [2.05, 4.69) is 0 Å². The molecule has 0 aliphatic carbocycles. The van der Waals surface area contributed by atoms with Crippen LogP contribution < -0.4 is 0 Å². The zero-order valence-corrected chi connectivity index (χ0v) is 4.18. The molecule has 1 N–H and O–H groups in total. The van der Waals surface area contributed by atoms with Crippen molar-refractivity contribution in [3.05, 3.63) is 0 Å². The van der Waals surface area contributed by atoms with E-state index in [1.807, 2.05) is 14.1 Å². The van der Waals surface area contributed by atoms with Crippen LogP contribution in [0.15, 0.2) is 0 Å². The van der Waals surface area contributed by atoms with Crippen LogP contribution in [0.1, 0.15) is 0 Å². The molecular weight excluding hydrogens is 78.0 g/mol. The molecule has 0 spiro atoms. The lowest BCUT2D eigenvalue weighted by molar-refractivity contribution is -0.460. The van der Waals surface area contributed by atoms with Crippen LogP contribution in [0.2, 0.25) is 0 Å². The summed E-state index contributed by atoms with van der Waals surface area (Å²) in [5, 5.41) is 8.14. The van der Waals surface area contributed by atoms with Crippen molar-refractivity contribution < 1.29 is 9.68 Å². The van der Waals surface area contributed by atoms with Crippen LogP contribution in [0.4, 0.5) is 0 Å². The molecule has 0 aromatic rings. The van der Waals surface area contributed by atoms with E-state index in [9.17, 15) is 0 Å². The third kappa shape index (κ3) is 3.63. The summed E-state index contributed by atoms with van der Waals surface area (Å²) in [6, 6.07) is 0. The lowest BCUT2D eigenvalue weighted by atomic mass is 10.8. The van der Waals surface area contributed by atoms with Crippen molar-refractivity contribution in [2.24, 2.45) is 0 Å². The van der Waals surface area contributed by atoms with Gasteiger partial charge in [0.05, 0.1) is 0 Å². The molecular formula is C4H10NO+. The van der Waals surface area contributed by atoms with Crippen LogP contribution in [-0.2, 0) is 0 Å². The Bertz CT molecular complexity index is 54.6. The second-order valence-corrected chi connectivity index (χ2v) is 1.33. The van der Waals surface area contributed by atoms with Gasteiger partial charge in [0.1, 0.15) is 20.7 Å². The third-order valence-electron chi connectivity index (χ3n) is 0.447. The molecule has 0 unspecified atom stereocenters. The average Bonchev–Trinajstić information content (AvgIpc) is 1.35. The zero-order valence-electron chi connectivity index (χ0n) is 4.18. The first kappa shape index (κ1) is 5.63. The number of hydrogen-bond donors (Lipinski definition) is 1. The largest absolute Gasteiger partial charge is 0.386 e. The summed E-state index contributed by atoms with van der Waals surface area (Å²) in [5.41, 5.74) is 0. The number of aliphatic hydroxyl groups is 1. The van der Waals surface area contributed by atoms with E-state index in [-0.39, 0.29) is 6.61 Å². The van der Waals surface area contributed by atoms with E-state index < -0.39 is 0 Å². The minimum atomic E-state index is 0.132. The normalized spacial score (nSPS) is 7.83. The van der Waals surface area contributed by atoms with Crippen molar-refractivity contribution in [2.75, 3.05) is 20.7 Å². The Morgan fingerprint density at radius 2 is 2.17 bits per heavy atom. The van der Waals surface area contributed by atoms with Crippen LogP contribution in [0.5, 0.6) is 0 Å². The minimum Gasteiger partial charge on any atom is -0.386 e. The van der Waals surface area contributed by atoms with Gasteiger partial charge >= 0.3 is 0 Å². The third-order valence-corrected chi connectivity index (χ3v) is 0.447. The van der Waals surface area contributed by atoms with Crippen molar-refractivity contribution in [1.29, 1.82) is 0 Å². The number of hydrogen-bond acceptors (Lipinski definition) is 1. The lowest BCUT2D eigenvalue weighted by Gasteiger charge is -1.76. The van der Waals surface area contributed by atoms with Gasteiger partial charge in [-0.15, -0.1) is 0 Å². The van der Waals surface area contributed by atoms with Crippen molar-refractivity contribution in [3.8, 4) is 0 Å². The van der Waals surface area contributed by atoms with Crippen LogP contribution in [-0.4, -0.2) is 36.6 Å². The Labute approximate surface area is 37.7 Å². The molecule has 0 heterocycles. The van der Waals surface area contributed by atoms with E-state index in [0.29, 0.717) is 0 Å². The SMILES string of the molecule is C[N+](C)=CCO. The fourth-order valence-corrected chi connectivity index (χ4v) is 0.163. The maximum atomic E-state index is 8.14. The predicted octanol–water partition coefficient (Wildman–Crippen LogP) is -0.678. The molecule has 0 saturated carbocycles. The molecule has 0 bridgehead atoms. The highest BCUT2D eigenvalue weighted by molar-refractivity contribution is 5.51. The molecule has 0 rings (SSSR count). The summed E-state index contributed by atoms with van der Waals surface area (Å²) in [5.74, 6) is 0. The van der Waals surface area contributed by atoms with Crippen molar-refractivity contribution in [1.82, 2.24) is 0 Å². The van der Waals surface area contributed by atoms with E-state index >= 15 is 0 Å². The quantitative estimate of drug-likeness (QED) is 0.333. The fraction of sp³-hybridized carbons (Fsp3) is 0.750. The standard InChI is InChI=1S/C4H10NO/c1-5(2)3-4-6/h3,6H,4H2,1-2H3/q+1. The summed E-state index contributed by atoms with van der Waals surface area (Å²) in [6.07, 6.45) is 1.68. The molecule has 0 radical (unpaired) electrons.